The molecule has 0 spiro atoms. The summed E-state index contributed by atoms with van der Waals surface area (Å²) < 4.78 is 20.2. The Bertz CT molecular complexity index is 1780. The number of nitrogens with one attached hydrogen (secondary N) is 2. The van der Waals surface area contributed by atoms with Crippen LogP contribution in [0.5, 0.6) is 5.75 Å². The number of phenolic OH excluding ortho intramolecular Hbond substituents is 1. The Labute approximate surface area is 228 Å². The maximum atomic E-state index is 14.2. The fraction of sp³-hybridized carbons (Fsp3) is 0.300. The molecular formula is C30H27FN6O3. The van der Waals surface area contributed by atoms with E-state index < -0.39 is 5.82 Å². The molecule has 1 fully saturated rings. The lowest BCUT2D eigenvalue weighted by molar-refractivity contribution is -0.126. The Morgan fingerprint density at radius 3 is 2.88 bits per heavy atom. The lowest BCUT2D eigenvalue weighted by Gasteiger charge is -2.24. The summed E-state index contributed by atoms with van der Waals surface area (Å²) in [5.41, 5.74) is 6.27. The topological polar surface area (TPSA) is 124 Å². The van der Waals surface area contributed by atoms with Crippen molar-refractivity contribution in [3.05, 3.63) is 75.6 Å². The molecule has 0 saturated carbocycles. The number of aromatic nitrogens is 2. The Morgan fingerprint density at radius 1 is 1.20 bits per heavy atom. The van der Waals surface area contributed by atoms with Gasteiger partial charge in [0, 0.05) is 5.56 Å². The number of rotatable bonds is 5. The van der Waals surface area contributed by atoms with Crippen molar-refractivity contribution >= 4 is 29.1 Å². The molecule has 7 rings (SSSR count). The van der Waals surface area contributed by atoms with E-state index in [0.717, 1.165) is 41.4 Å². The molecule has 2 atom stereocenters. The van der Waals surface area contributed by atoms with E-state index in [4.69, 9.17) is 9.72 Å². The number of allylic oxidation sites excluding steroid dienone is 2. The van der Waals surface area contributed by atoms with E-state index in [1.165, 1.54) is 12.1 Å². The van der Waals surface area contributed by atoms with Gasteiger partial charge in [0.1, 0.15) is 22.9 Å². The molecule has 0 unspecified atom stereocenters. The predicted octanol–water partition coefficient (Wildman–Crippen LogP) is 3.52. The van der Waals surface area contributed by atoms with Gasteiger partial charge in [0.15, 0.2) is 22.8 Å². The molecule has 4 aliphatic rings. The van der Waals surface area contributed by atoms with Gasteiger partial charge in [-0.15, -0.1) is 10.2 Å². The Kier molecular flexibility index (Phi) is 5.92. The quantitative estimate of drug-likeness (QED) is 0.459. The second-order valence-corrected chi connectivity index (χ2v) is 10.4. The summed E-state index contributed by atoms with van der Waals surface area (Å²) in [5.74, 6) is -0.312. The number of aryl methyl sites for hydroxylation is 1. The number of ether oxygens (including phenoxy) is 1. The third-order valence-electron chi connectivity index (χ3n) is 7.95. The Balaban J connectivity index is 1.16. The normalized spacial score (nSPS) is 22.4. The average molecular weight is 539 g/mol. The number of carbonyl (C=O) groups is 1. The number of halogens is 1. The number of imidazole rings is 1. The molecule has 3 aromatic rings. The molecule has 0 bridgehead atoms. The highest BCUT2D eigenvalue weighted by atomic mass is 19.1. The molecular weight excluding hydrogens is 511 g/mol. The zero-order chi connectivity index (χ0) is 27.4. The molecule has 1 saturated heterocycles. The molecule has 40 heavy (non-hydrogen) atoms. The zero-order valence-corrected chi connectivity index (χ0v) is 21.9. The summed E-state index contributed by atoms with van der Waals surface area (Å²) in [6, 6.07) is 8.43. The standard InChI is InChI=1S/C30H27FN6O3/c1-2-15-11-24(38)20(31)12-19(15)16-5-7-18-22(10-16)36-37-26(18)30-34-23-13-33-28(27(23)35-30)25-8-6-17(14-40-25)29(39)21-4-3-9-32-21/h5,7-8,10-13,17,21,32,34,38H,2-4,6,9,14H2,1H3/t17-,21-/m0/s1. The molecule has 0 amide bonds. The van der Waals surface area contributed by atoms with Crippen LogP contribution in [0.1, 0.15) is 43.0 Å². The van der Waals surface area contributed by atoms with Crippen LogP contribution in [0.3, 0.4) is 0 Å². The average Bonchev–Trinajstić information content (AvgIpc) is 3.78. The van der Waals surface area contributed by atoms with E-state index in [2.05, 4.69) is 25.5 Å². The van der Waals surface area contributed by atoms with Gasteiger partial charge in [-0.1, -0.05) is 13.0 Å². The fourth-order valence-electron chi connectivity index (χ4n) is 5.77. The lowest BCUT2D eigenvalue weighted by Crippen LogP contribution is -2.38. The monoisotopic (exact) mass is 538 g/mol. The minimum absolute atomic E-state index is 0.0614. The highest BCUT2D eigenvalue weighted by Crippen LogP contribution is 2.38. The van der Waals surface area contributed by atoms with Crippen LogP contribution in [0.4, 0.5) is 10.1 Å². The van der Waals surface area contributed by atoms with Crippen molar-refractivity contribution in [1.82, 2.24) is 15.3 Å². The number of H-pyrrole nitrogens is 1. The van der Waals surface area contributed by atoms with Crippen LogP contribution in [0.15, 0.2) is 57.4 Å². The van der Waals surface area contributed by atoms with Crippen LogP contribution in [-0.2, 0) is 16.0 Å². The number of phenols is 1. The number of ketones is 1. The van der Waals surface area contributed by atoms with Gasteiger partial charge in [0.2, 0.25) is 0 Å². The first-order chi connectivity index (χ1) is 19.5. The highest BCUT2D eigenvalue weighted by molar-refractivity contribution is 6.13. The van der Waals surface area contributed by atoms with E-state index >= 15 is 0 Å². The number of aromatic amines is 1. The van der Waals surface area contributed by atoms with Gasteiger partial charge in [-0.3, -0.25) is 4.79 Å². The van der Waals surface area contributed by atoms with Gasteiger partial charge in [0.05, 0.1) is 35.8 Å². The number of nitrogens with zero attached hydrogens (tertiary/aromatic N) is 4. The predicted molar refractivity (Wildman–Crippen MR) is 147 cm³/mol. The number of hydrogen-bond acceptors (Lipinski definition) is 8. The summed E-state index contributed by atoms with van der Waals surface area (Å²) in [6.07, 6.45) is 6.84. The molecule has 4 aliphatic heterocycles. The zero-order valence-electron chi connectivity index (χ0n) is 21.9. The van der Waals surface area contributed by atoms with Crippen LogP contribution in [0.2, 0.25) is 0 Å². The number of carbonyl (C=O) groups excluding carboxylic acids is 1. The molecule has 2 aromatic carbocycles. The molecule has 0 aliphatic carbocycles. The maximum Gasteiger partial charge on any atom is 0.165 e. The van der Waals surface area contributed by atoms with Gasteiger partial charge in [-0.25, -0.2) is 14.4 Å². The second-order valence-electron chi connectivity index (χ2n) is 10.4. The van der Waals surface area contributed by atoms with Crippen LogP contribution in [0, 0.1) is 11.7 Å². The molecule has 10 heteroatoms. The third kappa shape index (κ3) is 4.06. The van der Waals surface area contributed by atoms with Crippen molar-refractivity contribution < 1.29 is 19.0 Å². The van der Waals surface area contributed by atoms with Crippen molar-refractivity contribution in [2.24, 2.45) is 21.1 Å². The number of fused-ring (bicyclic) bond motifs is 2. The SMILES string of the molecule is CCc1cc(O)c(F)cc1-c1ccc2c(c1)N=NC2=c1nc2c([nH]1)=CN=C2C1=CC[C@H](C(=O)[C@@H]2CCCN2)CO1. The fourth-order valence-corrected chi connectivity index (χ4v) is 5.77. The Morgan fingerprint density at radius 2 is 2.10 bits per heavy atom. The van der Waals surface area contributed by atoms with Crippen molar-refractivity contribution in [3.63, 3.8) is 0 Å². The van der Waals surface area contributed by atoms with E-state index in [1.807, 2.05) is 31.2 Å². The van der Waals surface area contributed by atoms with Gasteiger partial charge in [-0.2, -0.15) is 0 Å². The van der Waals surface area contributed by atoms with Crippen LogP contribution >= 0.6 is 0 Å². The molecule has 5 heterocycles. The van der Waals surface area contributed by atoms with Gasteiger partial charge >= 0.3 is 0 Å². The van der Waals surface area contributed by atoms with E-state index in [0.29, 0.717) is 59.0 Å². The summed E-state index contributed by atoms with van der Waals surface area (Å²) in [5, 5.41) is 22.6. The van der Waals surface area contributed by atoms with Gasteiger partial charge in [-0.05, 0) is 79.3 Å². The third-order valence-corrected chi connectivity index (χ3v) is 7.95. The smallest absolute Gasteiger partial charge is 0.165 e. The van der Waals surface area contributed by atoms with Crippen molar-refractivity contribution in [2.45, 2.75) is 38.6 Å². The van der Waals surface area contributed by atoms with Crippen molar-refractivity contribution in [3.8, 4) is 16.9 Å². The van der Waals surface area contributed by atoms with Crippen LogP contribution in [0.25, 0.3) is 23.0 Å². The molecule has 9 nitrogen and oxygen atoms in total. The number of hydrogen-bond donors (Lipinski definition) is 3. The van der Waals surface area contributed by atoms with Crippen molar-refractivity contribution in [2.75, 3.05) is 13.2 Å². The summed E-state index contributed by atoms with van der Waals surface area (Å²) in [7, 11) is 0. The van der Waals surface area contributed by atoms with E-state index in [9.17, 15) is 14.3 Å². The van der Waals surface area contributed by atoms with E-state index in [-0.39, 0.29) is 23.5 Å². The minimum Gasteiger partial charge on any atom is -0.505 e. The Hall–Kier alpha value is -4.44. The molecule has 1 aromatic heterocycles. The molecule has 0 radical (unpaired) electrons. The number of Topliss-reactive ketones (excluding diaryl/α,β-unsaturated/α-hetero) is 1. The number of azo groups is 1. The number of benzene rings is 2. The molecule has 3 N–H and O–H groups in total. The highest BCUT2D eigenvalue weighted by Gasteiger charge is 2.32. The molecule has 202 valence electrons. The first kappa shape index (κ1) is 24.6. The van der Waals surface area contributed by atoms with Crippen LogP contribution < -0.4 is 16.1 Å². The minimum atomic E-state index is -0.662. The summed E-state index contributed by atoms with van der Waals surface area (Å²) in [6.45, 7) is 3.19. The summed E-state index contributed by atoms with van der Waals surface area (Å²) >= 11 is 0. The van der Waals surface area contributed by atoms with Crippen LogP contribution in [-0.4, -0.2) is 45.8 Å². The van der Waals surface area contributed by atoms with E-state index in [1.54, 1.807) is 6.20 Å². The maximum absolute atomic E-state index is 14.2. The van der Waals surface area contributed by atoms with Gasteiger partial charge < -0.3 is 20.1 Å². The van der Waals surface area contributed by atoms with Gasteiger partial charge in [0.25, 0.3) is 0 Å². The lowest BCUT2D eigenvalue weighted by atomic mass is 9.92. The first-order valence-electron chi connectivity index (χ1n) is 13.6. The second kappa shape index (κ2) is 9.63. The number of aliphatic imine (C=N–C) groups is 1. The largest absolute Gasteiger partial charge is 0.505 e. The number of aromatic hydroxyl groups is 1. The van der Waals surface area contributed by atoms with Crippen molar-refractivity contribution in [1.29, 1.82) is 0 Å². The first-order valence-corrected chi connectivity index (χ1v) is 13.6. The summed E-state index contributed by atoms with van der Waals surface area (Å²) in [4.78, 5) is 25.4.